The zero-order valence-electron chi connectivity index (χ0n) is 19.9. The van der Waals surface area contributed by atoms with Gasteiger partial charge in [0.05, 0.1) is 34.5 Å². The van der Waals surface area contributed by atoms with Gasteiger partial charge >= 0.3 is 6.18 Å². The molecule has 0 unspecified atom stereocenters. The molecule has 1 aliphatic carbocycles. The summed E-state index contributed by atoms with van der Waals surface area (Å²) in [6.45, 7) is 1.49. The van der Waals surface area contributed by atoms with E-state index < -0.39 is 27.1 Å². The quantitative estimate of drug-likeness (QED) is 0.345. The topological polar surface area (TPSA) is 106 Å². The summed E-state index contributed by atoms with van der Waals surface area (Å²) in [7, 11) is -0.762. The minimum absolute atomic E-state index is 0.00149. The van der Waals surface area contributed by atoms with E-state index in [0.717, 1.165) is 17.8 Å². The normalized spacial score (nSPS) is 15.2. The predicted octanol–water partition coefficient (Wildman–Crippen LogP) is 5.06. The Bertz CT molecular complexity index is 1730. The number of hydrogen-bond acceptors (Lipinski definition) is 6. The second-order valence-corrected chi connectivity index (χ2v) is 11.7. The lowest BCUT2D eigenvalue weighted by molar-refractivity contribution is -0.141. The number of halogens is 4. The van der Waals surface area contributed by atoms with Crippen LogP contribution in [0.3, 0.4) is 0 Å². The number of imidazole rings is 2. The maximum absolute atomic E-state index is 13.2. The molecule has 0 amide bonds. The van der Waals surface area contributed by atoms with E-state index in [1.165, 1.54) is 23.1 Å². The van der Waals surface area contributed by atoms with Crippen LogP contribution in [0, 0.1) is 11.3 Å². The van der Waals surface area contributed by atoms with E-state index in [2.05, 4.69) is 21.0 Å². The average Bonchev–Trinajstić information content (AvgIpc) is 3.47. The summed E-state index contributed by atoms with van der Waals surface area (Å²) >= 11 is 6.37. The van der Waals surface area contributed by atoms with Gasteiger partial charge in [0.15, 0.2) is 20.7 Å². The number of sulfone groups is 1. The summed E-state index contributed by atoms with van der Waals surface area (Å²) in [6, 6.07) is 8.25. The van der Waals surface area contributed by atoms with Crippen LogP contribution in [0.1, 0.15) is 31.0 Å². The standard InChI is InChI=1S/C24H20ClF3N6O2S/c1-4-37(35,36)22-19(21-31-16-10-18(24(26,27)28)30-11-17(16)33(21)2)32-20(34(22)3)13-7-14(9-15(25)8-13)23(12-29)5-6-23/h7-11H,4-6H2,1-3H3. The van der Waals surface area contributed by atoms with Gasteiger partial charge in [-0.3, -0.25) is 0 Å². The first-order chi connectivity index (χ1) is 17.3. The second-order valence-electron chi connectivity index (χ2n) is 9.02. The highest BCUT2D eigenvalue weighted by Crippen LogP contribution is 2.49. The van der Waals surface area contributed by atoms with Crippen molar-refractivity contribution in [3.8, 4) is 29.0 Å². The lowest BCUT2D eigenvalue weighted by Gasteiger charge is -2.11. The molecule has 0 saturated heterocycles. The molecule has 8 nitrogen and oxygen atoms in total. The van der Waals surface area contributed by atoms with Gasteiger partial charge in [-0.1, -0.05) is 18.5 Å². The molecule has 192 valence electrons. The van der Waals surface area contributed by atoms with Crippen molar-refractivity contribution in [3.63, 3.8) is 0 Å². The number of hydrogen-bond donors (Lipinski definition) is 0. The zero-order valence-corrected chi connectivity index (χ0v) is 21.5. The van der Waals surface area contributed by atoms with Gasteiger partial charge in [0.25, 0.3) is 0 Å². The number of aryl methyl sites for hydroxylation is 1. The van der Waals surface area contributed by atoms with Gasteiger partial charge in [0.2, 0.25) is 0 Å². The van der Waals surface area contributed by atoms with Crippen LogP contribution in [0.25, 0.3) is 33.9 Å². The molecule has 1 fully saturated rings. The highest BCUT2D eigenvalue weighted by atomic mass is 35.5. The molecule has 1 aromatic carbocycles. The van der Waals surface area contributed by atoms with Crippen LogP contribution in [0.15, 0.2) is 35.5 Å². The van der Waals surface area contributed by atoms with Crippen molar-refractivity contribution in [2.45, 2.75) is 36.4 Å². The maximum Gasteiger partial charge on any atom is 0.433 e. The van der Waals surface area contributed by atoms with Gasteiger partial charge in [-0.2, -0.15) is 18.4 Å². The van der Waals surface area contributed by atoms with Gasteiger partial charge in [-0.15, -0.1) is 0 Å². The lowest BCUT2D eigenvalue weighted by atomic mass is 9.95. The van der Waals surface area contributed by atoms with Crippen LogP contribution in [-0.4, -0.2) is 38.3 Å². The number of nitrogens with zero attached hydrogens (tertiary/aromatic N) is 6. The number of rotatable bonds is 5. The van der Waals surface area contributed by atoms with Crippen molar-refractivity contribution in [3.05, 3.63) is 46.7 Å². The van der Waals surface area contributed by atoms with Crippen molar-refractivity contribution in [2.75, 3.05) is 5.75 Å². The van der Waals surface area contributed by atoms with Crippen molar-refractivity contribution < 1.29 is 21.6 Å². The minimum atomic E-state index is -4.66. The van der Waals surface area contributed by atoms with Crippen LogP contribution in [0.2, 0.25) is 5.02 Å². The molecule has 0 radical (unpaired) electrons. The smallest absolute Gasteiger partial charge is 0.324 e. The number of pyridine rings is 1. The Labute approximate surface area is 215 Å². The van der Waals surface area contributed by atoms with Crippen molar-refractivity contribution in [2.24, 2.45) is 14.1 Å². The summed E-state index contributed by atoms with van der Waals surface area (Å²) in [5.74, 6) is 0.102. The Morgan fingerprint density at radius 2 is 1.81 bits per heavy atom. The third kappa shape index (κ3) is 4.06. The first-order valence-electron chi connectivity index (χ1n) is 11.2. The molecule has 0 bridgehead atoms. The van der Waals surface area contributed by atoms with Gasteiger partial charge < -0.3 is 9.13 Å². The summed E-state index contributed by atoms with van der Waals surface area (Å²) < 4.78 is 68.9. The second kappa shape index (κ2) is 8.29. The average molecular weight is 549 g/mol. The molecule has 0 N–H and O–H groups in total. The Morgan fingerprint density at radius 1 is 1.11 bits per heavy atom. The molecule has 0 atom stereocenters. The van der Waals surface area contributed by atoms with Crippen LogP contribution >= 0.6 is 11.6 Å². The number of aromatic nitrogens is 5. The van der Waals surface area contributed by atoms with Crippen LogP contribution in [-0.2, 0) is 35.5 Å². The maximum atomic E-state index is 13.2. The highest BCUT2D eigenvalue weighted by molar-refractivity contribution is 7.91. The molecule has 0 spiro atoms. The molecular formula is C24H20ClF3N6O2S. The Kier molecular flexibility index (Phi) is 5.65. The van der Waals surface area contributed by atoms with Gasteiger partial charge in [0.1, 0.15) is 17.2 Å². The largest absolute Gasteiger partial charge is 0.433 e. The summed E-state index contributed by atoms with van der Waals surface area (Å²) in [5, 5.41) is 9.88. The molecule has 13 heteroatoms. The fraction of sp³-hybridized carbons (Fsp3) is 0.333. The van der Waals surface area contributed by atoms with Crippen LogP contribution in [0.4, 0.5) is 13.2 Å². The summed E-state index contributed by atoms with van der Waals surface area (Å²) in [6.07, 6.45) is -2.23. The van der Waals surface area contributed by atoms with E-state index in [9.17, 15) is 26.9 Å². The van der Waals surface area contributed by atoms with Crippen molar-refractivity contribution in [1.29, 1.82) is 5.26 Å². The molecule has 37 heavy (non-hydrogen) atoms. The third-order valence-electron chi connectivity index (χ3n) is 6.66. The first-order valence-corrected chi connectivity index (χ1v) is 13.3. The molecule has 3 aromatic heterocycles. The van der Waals surface area contributed by atoms with Crippen LogP contribution < -0.4 is 0 Å². The third-order valence-corrected chi connectivity index (χ3v) is 8.69. The number of nitriles is 1. The van der Waals surface area contributed by atoms with E-state index in [-0.39, 0.29) is 39.2 Å². The minimum Gasteiger partial charge on any atom is -0.324 e. The SMILES string of the molecule is CCS(=O)(=O)c1c(-c2nc3cc(C(F)(F)F)ncc3n2C)nc(-c2cc(Cl)cc(C3(C#N)CC3)c2)n1C. The highest BCUT2D eigenvalue weighted by Gasteiger charge is 2.45. The molecular weight excluding hydrogens is 529 g/mol. The summed E-state index contributed by atoms with van der Waals surface area (Å²) in [4.78, 5) is 12.4. The van der Waals surface area contributed by atoms with Crippen molar-refractivity contribution in [1.82, 2.24) is 24.1 Å². The van der Waals surface area contributed by atoms with Crippen LogP contribution in [0.5, 0.6) is 0 Å². The van der Waals surface area contributed by atoms with Gasteiger partial charge in [-0.05, 0) is 42.7 Å². The van der Waals surface area contributed by atoms with E-state index in [1.54, 1.807) is 25.2 Å². The molecule has 3 heterocycles. The fourth-order valence-electron chi connectivity index (χ4n) is 4.42. The van der Waals surface area contributed by atoms with Gasteiger partial charge in [0, 0.05) is 24.7 Å². The monoisotopic (exact) mass is 548 g/mol. The molecule has 5 rings (SSSR count). The molecule has 1 aliphatic rings. The Morgan fingerprint density at radius 3 is 2.41 bits per heavy atom. The lowest BCUT2D eigenvalue weighted by Crippen LogP contribution is -2.11. The summed E-state index contributed by atoms with van der Waals surface area (Å²) in [5.41, 5.74) is -0.237. The van der Waals surface area contributed by atoms with Gasteiger partial charge in [-0.25, -0.2) is 23.4 Å². The zero-order chi connectivity index (χ0) is 26.9. The Balaban J connectivity index is 1.76. The van der Waals surface area contributed by atoms with E-state index in [1.807, 2.05) is 0 Å². The Hall–Kier alpha value is -3.43. The number of alkyl halides is 3. The van der Waals surface area contributed by atoms with E-state index in [0.29, 0.717) is 23.4 Å². The number of fused-ring (bicyclic) bond motifs is 1. The van der Waals surface area contributed by atoms with Crippen molar-refractivity contribution >= 4 is 32.5 Å². The fourth-order valence-corrected chi connectivity index (χ4v) is 5.86. The predicted molar refractivity (Wildman–Crippen MR) is 130 cm³/mol. The van der Waals surface area contributed by atoms with E-state index >= 15 is 0 Å². The first kappa shape index (κ1) is 25.2. The number of benzene rings is 1. The molecule has 1 saturated carbocycles. The molecule has 4 aromatic rings. The molecule has 0 aliphatic heterocycles. The van der Waals surface area contributed by atoms with E-state index in [4.69, 9.17) is 11.6 Å².